The molecule has 1 heterocycles. The van der Waals surface area contributed by atoms with Crippen molar-refractivity contribution in [2.45, 2.75) is 24.5 Å². The van der Waals surface area contributed by atoms with Crippen LogP contribution in [0.2, 0.25) is 0 Å². The van der Waals surface area contributed by atoms with Gasteiger partial charge in [0.1, 0.15) is 5.76 Å². The number of aromatic nitrogens is 1. The van der Waals surface area contributed by atoms with Crippen molar-refractivity contribution in [1.82, 2.24) is 5.16 Å². The van der Waals surface area contributed by atoms with Crippen LogP contribution in [0.25, 0.3) is 0 Å². The van der Waals surface area contributed by atoms with Gasteiger partial charge in [-0.15, -0.1) is 0 Å². The smallest absolute Gasteiger partial charge is 0.183 e. The lowest BCUT2D eigenvalue weighted by molar-refractivity contribution is 0.392. The van der Waals surface area contributed by atoms with E-state index < -0.39 is 9.84 Å². The normalized spacial score (nSPS) is 11.7. The van der Waals surface area contributed by atoms with Gasteiger partial charge in [0.05, 0.1) is 16.3 Å². The predicted molar refractivity (Wildman–Crippen MR) is 71.0 cm³/mol. The maximum absolute atomic E-state index is 12.3. The first-order valence-electron chi connectivity index (χ1n) is 5.31. The Kier molecular flexibility index (Phi) is 3.59. The molecule has 0 amide bonds. The summed E-state index contributed by atoms with van der Waals surface area (Å²) >= 11 is 3.25. The van der Waals surface area contributed by atoms with Gasteiger partial charge in [-0.25, -0.2) is 8.42 Å². The SMILES string of the molecule is Cc1noc(C)c1CS(=O)(=O)c1ccccc1Br. The third-order valence-electron chi connectivity index (χ3n) is 2.69. The molecule has 0 aliphatic rings. The zero-order valence-corrected chi connectivity index (χ0v) is 12.4. The van der Waals surface area contributed by atoms with Gasteiger partial charge < -0.3 is 4.52 Å². The van der Waals surface area contributed by atoms with Crippen molar-refractivity contribution in [3.8, 4) is 0 Å². The van der Waals surface area contributed by atoms with Gasteiger partial charge in [-0.2, -0.15) is 0 Å². The van der Waals surface area contributed by atoms with E-state index in [2.05, 4.69) is 21.1 Å². The maximum Gasteiger partial charge on any atom is 0.183 e. The molecule has 0 aliphatic carbocycles. The molecule has 0 atom stereocenters. The number of hydrogen-bond acceptors (Lipinski definition) is 4. The molecule has 2 rings (SSSR count). The van der Waals surface area contributed by atoms with Crippen LogP contribution >= 0.6 is 15.9 Å². The van der Waals surface area contributed by atoms with Crippen LogP contribution in [0.1, 0.15) is 17.0 Å². The highest BCUT2D eigenvalue weighted by atomic mass is 79.9. The summed E-state index contributed by atoms with van der Waals surface area (Å²) in [7, 11) is -3.41. The molecule has 96 valence electrons. The van der Waals surface area contributed by atoms with Crippen LogP contribution < -0.4 is 0 Å². The van der Waals surface area contributed by atoms with E-state index in [0.29, 0.717) is 21.5 Å². The first-order valence-corrected chi connectivity index (χ1v) is 7.75. The lowest BCUT2D eigenvalue weighted by Crippen LogP contribution is -2.07. The van der Waals surface area contributed by atoms with Crippen molar-refractivity contribution in [3.05, 3.63) is 45.8 Å². The average Bonchev–Trinajstić information content (AvgIpc) is 2.61. The van der Waals surface area contributed by atoms with Crippen LogP contribution in [0.3, 0.4) is 0 Å². The third-order valence-corrected chi connectivity index (χ3v) is 5.34. The first kappa shape index (κ1) is 13.3. The second-order valence-electron chi connectivity index (χ2n) is 3.99. The molecule has 0 spiro atoms. The van der Waals surface area contributed by atoms with Crippen molar-refractivity contribution in [1.29, 1.82) is 0 Å². The fourth-order valence-electron chi connectivity index (χ4n) is 1.67. The maximum atomic E-state index is 12.3. The third kappa shape index (κ3) is 2.49. The van der Waals surface area contributed by atoms with Crippen LogP contribution in [-0.2, 0) is 15.6 Å². The topological polar surface area (TPSA) is 60.2 Å². The van der Waals surface area contributed by atoms with Gasteiger partial charge in [-0.05, 0) is 41.9 Å². The lowest BCUT2D eigenvalue weighted by Gasteiger charge is -2.06. The highest BCUT2D eigenvalue weighted by Gasteiger charge is 2.22. The van der Waals surface area contributed by atoms with Gasteiger partial charge in [0.25, 0.3) is 0 Å². The zero-order chi connectivity index (χ0) is 13.3. The van der Waals surface area contributed by atoms with Gasteiger partial charge in [-0.1, -0.05) is 17.3 Å². The Morgan fingerprint density at radius 3 is 2.50 bits per heavy atom. The minimum Gasteiger partial charge on any atom is -0.361 e. The summed E-state index contributed by atoms with van der Waals surface area (Å²) in [5, 5.41) is 3.77. The monoisotopic (exact) mass is 329 g/mol. The van der Waals surface area contributed by atoms with Crippen molar-refractivity contribution in [2.24, 2.45) is 0 Å². The summed E-state index contributed by atoms with van der Waals surface area (Å²) < 4.78 is 30.2. The fourth-order valence-corrected chi connectivity index (χ4v) is 4.30. The van der Waals surface area contributed by atoms with Gasteiger partial charge in [0.2, 0.25) is 0 Å². The molecule has 0 saturated heterocycles. The van der Waals surface area contributed by atoms with E-state index in [4.69, 9.17) is 4.52 Å². The highest BCUT2D eigenvalue weighted by molar-refractivity contribution is 9.10. The predicted octanol–water partition coefficient (Wildman–Crippen LogP) is 3.03. The highest BCUT2D eigenvalue weighted by Crippen LogP contribution is 2.26. The Bertz CT molecular complexity index is 657. The first-order chi connectivity index (χ1) is 8.42. The Morgan fingerprint density at radius 2 is 1.94 bits per heavy atom. The molecule has 2 aromatic rings. The Hall–Kier alpha value is -1.14. The average molecular weight is 330 g/mol. The number of benzene rings is 1. The largest absolute Gasteiger partial charge is 0.361 e. The van der Waals surface area contributed by atoms with Crippen LogP contribution in [0.4, 0.5) is 0 Å². The molecule has 0 fully saturated rings. The summed E-state index contributed by atoms with van der Waals surface area (Å²) in [5.74, 6) is 0.444. The van der Waals surface area contributed by atoms with Crippen molar-refractivity contribution >= 4 is 25.8 Å². The molecule has 0 bridgehead atoms. The van der Waals surface area contributed by atoms with E-state index in [1.807, 2.05) is 0 Å². The fraction of sp³-hybridized carbons (Fsp3) is 0.250. The Balaban J connectivity index is 2.43. The van der Waals surface area contributed by atoms with Gasteiger partial charge in [0.15, 0.2) is 9.84 Å². The number of rotatable bonds is 3. The molecule has 0 unspecified atom stereocenters. The van der Waals surface area contributed by atoms with E-state index in [1.165, 1.54) is 0 Å². The second kappa shape index (κ2) is 4.85. The molecule has 18 heavy (non-hydrogen) atoms. The number of aryl methyl sites for hydroxylation is 2. The van der Waals surface area contributed by atoms with E-state index in [0.717, 1.165) is 0 Å². The van der Waals surface area contributed by atoms with Gasteiger partial charge >= 0.3 is 0 Å². The van der Waals surface area contributed by atoms with Crippen LogP contribution in [-0.4, -0.2) is 13.6 Å². The summed E-state index contributed by atoms with van der Waals surface area (Å²) in [4.78, 5) is 0.282. The molecule has 0 aliphatic heterocycles. The van der Waals surface area contributed by atoms with E-state index >= 15 is 0 Å². The number of hydrogen-bond donors (Lipinski definition) is 0. The van der Waals surface area contributed by atoms with Crippen molar-refractivity contribution in [3.63, 3.8) is 0 Å². The summed E-state index contributed by atoms with van der Waals surface area (Å²) in [6.45, 7) is 3.45. The summed E-state index contributed by atoms with van der Waals surface area (Å²) in [6, 6.07) is 6.77. The number of sulfone groups is 1. The minimum atomic E-state index is -3.41. The lowest BCUT2D eigenvalue weighted by atomic mass is 10.2. The summed E-state index contributed by atoms with van der Waals surface area (Å²) in [5.41, 5.74) is 1.24. The van der Waals surface area contributed by atoms with Gasteiger partial charge in [-0.3, -0.25) is 0 Å². The molecule has 0 radical (unpaired) electrons. The van der Waals surface area contributed by atoms with Crippen molar-refractivity contribution in [2.75, 3.05) is 0 Å². The molecule has 6 heteroatoms. The van der Waals surface area contributed by atoms with E-state index in [9.17, 15) is 8.42 Å². The standard InChI is InChI=1S/C12H12BrNO3S/c1-8-10(9(2)17-14-8)7-18(15,16)12-6-4-3-5-11(12)13/h3-6H,7H2,1-2H3. The number of nitrogens with zero attached hydrogens (tertiary/aromatic N) is 1. The molecule has 1 aromatic carbocycles. The Morgan fingerprint density at radius 1 is 1.28 bits per heavy atom. The molecule has 1 aromatic heterocycles. The quantitative estimate of drug-likeness (QED) is 0.868. The van der Waals surface area contributed by atoms with Crippen LogP contribution in [0.15, 0.2) is 38.2 Å². The molecule has 0 N–H and O–H groups in total. The Labute approximate surface area is 114 Å². The van der Waals surface area contributed by atoms with E-state index in [1.54, 1.807) is 38.1 Å². The van der Waals surface area contributed by atoms with Crippen molar-refractivity contribution < 1.29 is 12.9 Å². The number of halogens is 1. The van der Waals surface area contributed by atoms with E-state index in [-0.39, 0.29) is 10.6 Å². The van der Waals surface area contributed by atoms with Crippen LogP contribution in [0, 0.1) is 13.8 Å². The molecule has 0 saturated carbocycles. The minimum absolute atomic E-state index is 0.100. The van der Waals surface area contributed by atoms with Gasteiger partial charge in [0, 0.05) is 10.0 Å². The molecular weight excluding hydrogens is 318 g/mol. The zero-order valence-electron chi connectivity index (χ0n) is 9.97. The second-order valence-corrected chi connectivity index (χ2v) is 6.80. The van der Waals surface area contributed by atoms with Crippen LogP contribution in [0.5, 0.6) is 0 Å². The molecular formula is C12H12BrNO3S. The molecule has 4 nitrogen and oxygen atoms in total. The summed E-state index contributed by atoms with van der Waals surface area (Å²) in [6.07, 6.45) is 0.